The molecule has 1 aromatic carbocycles. The molecule has 0 saturated carbocycles. The van der Waals surface area contributed by atoms with Crippen molar-refractivity contribution < 1.29 is 14.3 Å². The average molecular weight is 262 g/mol. The molecule has 2 N–H and O–H groups in total. The average Bonchev–Trinajstić information content (AvgIpc) is 2.82. The van der Waals surface area contributed by atoms with Gasteiger partial charge in [-0.3, -0.25) is 9.59 Å². The number of carbonyl (C=O) groups is 2. The highest BCUT2D eigenvalue weighted by molar-refractivity contribution is 5.96. The number of hydrogen-bond acceptors (Lipinski definition) is 3. The van der Waals surface area contributed by atoms with Gasteiger partial charge in [-0.05, 0) is 37.6 Å². The second kappa shape index (κ2) is 5.73. The highest BCUT2D eigenvalue weighted by atomic mass is 16.5. The summed E-state index contributed by atoms with van der Waals surface area (Å²) in [5.41, 5.74) is 1.60. The van der Waals surface area contributed by atoms with Gasteiger partial charge >= 0.3 is 0 Å². The van der Waals surface area contributed by atoms with Crippen LogP contribution >= 0.6 is 0 Å². The van der Waals surface area contributed by atoms with Crippen molar-refractivity contribution in [3.05, 3.63) is 29.3 Å². The molecule has 19 heavy (non-hydrogen) atoms. The third-order valence-corrected chi connectivity index (χ3v) is 2.81. The van der Waals surface area contributed by atoms with Crippen LogP contribution in [0.1, 0.15) is 29.8 Å². The summed E-state index contributed by atoms with van der Waals surface area (Å²) in [7, 11) is 0. The van der Waals surface area contributed by atoms with Gasteiger partial charge in [0.2, 0.25) is 5.91 Å². The molecule has 102 valence electrons. The Morgan fingerprint density at radius 2 is 2.16 bits per heavy atom. The molecule has 0 unspecified atom stereocenters. The molecule has 1 aliphatic rings. The summed E-state index contributed by atoms with van der Waals surface area (Å²) in [6.07, 6.45) is 0.824. The lowest BCUT2D eigenvalue weighted by atomic mass is 10.1. The predicted molar refractivity (Wildman–Crippen MR) is 71.3 cm³/mol. The van der Waals surface area contributed by atoms with E-state index >= 15 is 0 Å². The van der Waals surface area contributed by atoms with Crippen LogP contribution in [0.4, 0.5) is 0 Å². The lowest BCUT2D eigenvalue weighted by Crippen LogP contribution is -2.39. The molecule has 0 bridgehead atoms. The number of nitrogens with one attached hydrogen (secondary N) is 2. The number of fused-ring (bicyclic) bond motifs is 1. The Kier molecular flexibility index (Phi) is 4.04. The molecule has 2 amide bonds. The molecule has 5 heteroatoms. The van der Waals surface area contributed by atoms with Crippen LogP contribution in [0.15, 0.2) is 18.2 Å². The largest absolute Gasteiger partial charge is 0.493 e. The van der Waals surface area contributed by atoms with E-state index in [0.29, 0.717) is 12.2 Å². The summed E-state index contributed by atoms with van der Waals surface area (Å²) in [4.78, 5) is 23.3. The summed E-state index contributed by atoms with van der Waals surface area (Å²) in [5, 5.41) is 5.32. The molecule has 0 fully saturated rings. The first-order valence-corrected chi connectivity index (χ1v) is 6.39. The smallest absolute Gasteiger partial charge is 0.251 e. The molecule has 0 aliphatic carbocycles. The Morgan fingerprint density at radius 1 is 1.37 bits per heavy atom. The Hall–Kier alpha value is -2.04. The van der Waals surface area contributed by atoms with E-state index < -0.39 is 0 Å². The molecule has 1 heterocycles. The first-order valence-electron chi connectivity index (χ1n) is 6.39. The Balaban J connectivity index is 1.91. The fraction of sp³-hybridized carbons (Fsp3) is 0.429. The second-order valence-corrected chi connectivity index (χ2v) is 4.83. The van der Waals surface area contributed by atoms with E-state index in [1.54, 1.807) is 12.1 Å². The van der Waals surface area contributed by atoms with Crippen LogP contribution in [0.5, 0.6) is 5.75 Å². The van der Waals surface area contributed by atoms with Crippen LogP contribution < -0.4 is 15.4 Å². The quantitative estimate of drug-likeness (QED) is 0.846. The Labute approximate surface area is 112 Å². The number of benzene rings is 1. The summed E-state index contributed by atoms with van der Waals surface area (Å²) in [5.74, 6) is 0.413. The monoisotopic (exact) mass is 262 g/mol. The van der Waals surface area contributed by atoms with Crippen LogP contribution in [-0.4, -0.2) is 31.0 Å². The molecular weight excluding hydrogens is 244 g/mol. The normalized spacial score (nSPS) is 12.8. The molecule has 2 rings (SSSR count). The zero-order chi connectivity index (χ0) is 13.8. The van der Waals surface area contributed by atoms with E-state index in [1.165, 1.54) is 0 Å². The predicted octanol–water partition coefficient (Wildman–Crippen LogP) is 0.876. The molecule has 0 radical (unpaired) electrons. The Bertz CT molecular complexity index is 497. The van der Waals surface area contributed by atoms with E-state index in [-0.39, 0.29) is 24.4 Å². The standard InChI is InChI=1S/C14H18N2O3/c1-9(2)16-13(17)8-15-14(18)11-3-4-12-10(7-11)5-6-19-12/h3-4,7,9H,5-6,8H2,1-2H3,(H,15,18)(H,16,17). The molecular formula is C14H18N2O3. The first kappa shape index (κ1) is 13.4. The molecule has 0 spiro atoms. The molecule has 5 nitrogen and oxygen atoms in total. The van der Waals surface area contributed by atoms with Gasteiger partial charge in [0.25, 0.3) is 5.91 Å². The van der Waals surface area contributed by atoms with E-state index in [1.807, 2.05) is 19.9 Å². The summed E-state index contributed by atoms with van der Waals surface area (Å²) < 4.78 is 5.38. The van der Waals surface area contributed by atoms with Crippen LogP contribution in [-0.2, 0) is 11.2 Å². The van der Waals surface area contributed by atoms with Crippen LogP contribution in [0.25, 0.3) is 0 Å². The summed E-state index contributed by atoms with van der Waals surface area (Å²) >= 11 is 0. The molecule has 0 atom stereocenters. The van der Waals surface area contributed by atoms with Crippen molar-refractivity contribution in [3.63, 3.8) is 0 Å². The number of hydrogen-bond donors (Lipinski definition) is 2. The van der Waals surface area contributed by atoms with Crippen molar-refractivity contribution in [1.82, 2.24) is 10.6 Å². The molecule has 1 aliphatic heterocycles. The summed E-state index contributed by atoms with van der Waals surface area (Å²) in [6.45, 7) is 4.40. The zero-order valence-corrected chi connectivity index (χ0v) is 11.2. The van der Waals surface area contributed by atoms with E-state index in [0.717, 1.165) is 17.7 Å². The highest BCUT2D eigenvalue weighted by Crippen LogP contribution is 2.25. The van der Waals surface area contributed by atoms with E-state index in [4.69, 9.17) is 4.74 Å². The van der Waals surface area contributed by atoms with Gasteiger partial charge in [-0.15, -0.1) is 0 Å². The van der Waals surface area contributed by atoms with Gasteiger partial charge in [-0.2, -0.15) is 0 Å². The van der Waals surface area contributed by atoms with Gasteiger partial charge in [-0.25, -0.2) is 0 Å². The minimum atomic E-state index is -0.242. The maximum Gasteiger partial charge on any atom is 0.251 e. The molecule has 0 saturated heterocycles. The van der Waals surface area contributed by atoms with Crippen molar-refractivity contribution in [1.29, 1.82) is 0 Å². The van der Waals surface area contributed by atoms with Crippen molar-refractivity contribution in [2.75, 3.05) is 13.2 Å². The first-order chi connectivity index (χ1) is 9.06. The maximum atomic E-state index is 11.9. The van der Waals surface area contributed by atoms with Gasteiger partial charge in [-0.1, -0.05) is 0 Å². The summed E-state index contributed by atoms with van der Waals surface area (Å²) in [6, 6.07) is 5.39. The molecule has 0 aromatic heterocycles. The van der Waals surface area contributed by atoms with Crippen molar-refractivity contribution in [2.45, 2.75) is 26.3 Å². The molecule has 1 aromatic rings. The number of ether oxygens (including phenoxy) is 1. The maximum absolute atomic E-state index is 11.9. The van der Waals surface area contributed by atoms with Crippen LogP contribution in [0.2, 0.25) is 0 Å². The second-order valence-electron chi connectivity index (χ2n) is 4.83. The van der Waals surface area contributed by atoms with E-state index in [9.17, 15) is 9.59 Å². The number of carbonyl (C=O) groups excluding carboxylic acids is 2. The fourth-order valence-electron chi connectivity index (χ4n) is 1.96. The van der Waals surface area contributed by atoms with Gasteiger partial charge < -0.3 is 15.4 Å². The van der Waals surface area contributed by atoms with Crippen molar-refractivity contribution in [3.8, 4) is 5.75 Å². The lowest BCUT2D eigenvalue weighted by Gasteiger charge is -2.09. The van der Waals surface area contributed by atoms with Gasteiger partial charge in [0.05, 0.1) is 13.2 Å². The minimum absolute atomic E-state index is 0.00933. The fourth-order valence-corrected chi connectivity index (χ4v) is 1.96. The van der Waals surface area contributed by atoms with Crippen molar-refractivity contribution >= 4 is 11.8 Å². The third-order valence-electron chi connectivity index (χ3n) is 2.81. The number of amides is 2. The van der Waals surface area contributed by atoms with Crippen LogP contribution in [0, 0.1) is 0 Å². The lowest BCUT2D eigenvalue weighted by molar-refractivity contribution is -0.120. The number of rotatable bonds is 4. The van der Waals surface area contributed by atoms with Crippen molar-refractivity contribution in [2.24, 2.45) is 0 Å². The zero-order valence-electron chi connectivity index (χ0n) is 11.2. The third kappa shape index (κ3) is 3.47. The van der Waals surface area contributed by atoms with Crippen LogP contribution in [0.3, 0.4) is 0 Å². The SMILES string of the molecule is CC(C)NC(=O)CNC(=O)c1ccc2c(c1)CCO2. The highest BCUT2D eigenvalue weighted by Gasteiger charge is 2.15. The van der Waals surface area contributed by atoms with Gasteiger partial charge in [0, 0.05) is 18.0 Å². The topological polar surface area (TPSA) is 67.4 Å². The van der Waals surface area contributed by atoms with Gasteiger partial charge in [0.1, 0.15) is 5.75 Å². The van der Waals surface area contributed by atoms with Gasteiger partial charge in [0.15, 0.2) is 0 Å². The minimum Gasteiger partial charge on any atom is -0.493 e. The Morgan fingerprint density at radius 3 is 2.89 bits per heavy atom. The van der Waals surface area contributed by atoms with E-state index in [2.05, 4.69) is 10.6 Å².